The van der Waals surface area contributed by atoms with Gasteiger partial charge in [-0.15, -0.1) is 0 Å². The third-order valence-electron chi connectivity index (χ3n) is 8.24. The summed E-state index contributed by atoms with van der Waals surface area (Å²) in [7, 11) is 3.67. The van der Waals surface area contributed by atoms with Crippen molar-refractivity contribution in [1.82, 2.24) is 29.4 Å². The molecule has 1 saturated heterocycles. The van der Waals surface area contributed by atoms with Crippen LogP contribution in [-0.4, -0.2) is 82.2 Å². The number of H-pyrrole nitrogens is 1. The van der Waals surface area contributed by atoms with Crippen LogP contribution in [0.25, 0.3) is 27.8 Å². The molecule has 1 amide bonds. The van der Waals surface area contributed by atoms with E-state index in [0.29, 0.717) is 25.0 Å². The molecule has 1 aliphatic heterocycles. The number of ether oxygens (including phenoxy) is 1. The summed E-state index contributed by atoms with van der Waals surface area (Å²) in [5.74, 6) is 1.03. The summed E-state index contributed by atoms with van der Waals surface area (Å²) < 4.78 is 7.01. The number of aromatic amines is 1. The number of nitrogens with zero attached hydrogens (tertiary/aromatic N) is 5. The lowest BCUT2D eigenvalue weighted by molar-refractivity contribution is -0.133. The van der Waals surface area contributed by atoms with Crippen molar-refractivity contribution in [1.29, 1.82) is 0 Å². The van der Waals surface area contributed by atoms with Crippen LogP contribution in [0.2, 0.25) is 0 Å². The zero-order chi connectivity index (χ0) is 27.0. The second kappa shape index (κ2) is 10.9. The van der Waals surface area contributed by atoms with E-state index < -0.39 is 0 Å². The van der Waals surface area contributed by atoms with Gasteiger partial charge in [-0.05, 0) is 80.0 Å². The van der Waals surface area contributed by atoms with E-state index in [1.54, 1.807) is 13.4 Å². The maximum atomic E-state index is 12.8. The molecule has 1 aliphatic rings. The highest BCUT2D eigenvalue weighted by Gasteiger charge is 2.26. The number of carbonyl (C=O) groups is 1. The van der Waals surface area contributed by atoms with Gasteiger partial charge in [-0.2, -0.15) is 5.10 Å². The molecule has 1 N–H and O–H groups in total. The Hall–Kier alpha value is -3.23. The van der Waals surface area contributed by atoms with Crippen LogP contribution in [0.3, 0.4) is 0 Å². The van der Waals surface area contributed by atoms with Crippen LogP contribution in [-0.2, 0) is 9.53 Å². The van der Waals surface area contributed by atoms with Crippen molar-refractivity contribution >= 4 is 22.5 Å². The molecule has 0 aliphatic carbocycles. The first-order chi connectivity index (χ1) is 18.3. The number of amides is 1. The van der Waals surface area contributed by atoms with E-state index in [2.05, 4.69) is 67.2 Å². The van der Waals surface area contributed by atoms with Crippen LogP contribution in [0.5, 0.6) is 0 Å². The first-order valence-corrected chi connectivity index (χ1v) is 13.7. The molecule has 0 bridgehead atoms. The molecule has 0 saturated carbocycles. The van der Waals surface area contributed by atoms with Gasteiger partial charge < -0.3 is 14.6 Å². The minimum Gasteiger partial charge on any atom is -0.383 e. The minimum absolute atomic E-state index is 0.213. The molecule has 4 aromatic rings. The number of aryl methyl sites for hydroxylation is 1. The SMILES string of the molecule is COCCN(C)CC(=O)N1CCC(c2ccc3[nH]c(-c4cn5ncnc5c(C)c4C)c(C(C)C)c3c2)CC1. The molecule has 3 aromatic heterocycles. The fraction of sp³-hybridized carbons (Fsp3) is 0.500. The number of aromatic nitrogens is 4. The molecule has 0 atom stereocenters. The lowest BCUT2D eigenvalue weighted by atomic mass is 9.87. The first kappa shape index (κ1) is 26.4. The van der Waals surface area contributed by atoms with Crippen LogP contribution in [0, 0.1) is 13.8 Å². The van der Waals surface area contributed by atoms with Gasteiger partial charge in [0.1, 0.15) is 6.33 Å². The van der Waals surface area contributed by atoms with Crippen molar-refractivity contribution in [3.05, 3.63) is 53.0 Å². The Bertz CT molecular complexity index is 1440. The molecule has 8 heteroatoms. The Morgan fingerprint density at radius 1 is 1.21 bits per heavy atom. The third-order valence-corrected chi connectivity index (χ3v) is 8.24. The minimum atomic E-state index is 0.213. The van der Waals surface area contributed by atoms with E-state index >= 15 is 0 Å². The summed E-state index contributed by atoms with van der Waals surface area (Å²) in [6.45, 7) is 12.3. The summed E-state index contributed by atoms with van der Waals surface area (Å²) in [5, 5.41) is 5.71. The highest BCUT2D eigenvalue weighted by Crippen LogP contribution is 2.39. The molecule has 4 heterocycles. The number of nitrogens with one attached hydrogen (secondary N) is 1. The van der Waals surface area contributed by atoms with Gasteiger partial charge in [0, 0.05) is 49.4 Å². The number of hydrogen-bond donors (Lipinski definition) is 1. The molecule has 8 nitrogen and oxygen atoms in total. The van der Waals surface area contributed by atoms with Gasteiger partial charge in [0.05, 0.1) is 18.8 Å². The van der Waals surface area contributed by atoms with Gasteiger partial charge in [0.15, 0.2) is 5.65 Å². The van der Waals surface area contributed by atoms with E-state index in [0.717, 1.165) is 49.2 Å². The predicted octanol–water partition coefficient (Wildman–Crippen LogP) is 4.90. The highest BCUT2D eigenvalue weighted by atomic mass is 16.5. The van der Waals surface area contributed by atoms with Crippen LogP contribution in [0.1, 0.15) is 60.8 Å². The van der Waals surface area contributed by atoms with E-state index in [9.17, 15) is 4.79 Å². The average Bonchev–Trinajstić information content (AvgIpc) is 3.54. The van der Waals surface area contributed by atoms with Crippen LogP contribution >= 0.6 is 0 Å². The summed E-state index contributed by atoms with van der Waals surface area (Å²) >= 11 is 0. The largest absolute Gasteiger partial charge is 0.383 e. The predicted molar refractivity (Wildman–Crippen MR) is 152 cm³/mol. The molecule has 5 rings (SSSR count). The quantitative estimate of drug-likeness (QED) is 0.360. The number of likely N-dealkylation sites (N-methyl/N-ethyl adjacent to an activating group) is 1. The molecule has 1 aromatic carbocycles. The van der Waals surface area contributed by atoms with Crippen molar-refractivity contribution in [2.24, 2.45) is 0 Å². The van der Waals surface area contributed by atoms with Gasteiger partial charge in [0.2, 0.25) is 5.91 Å². The van der Waals surface area contributed by atoms with Gasteiger partial charge in [-0.3, -0.25) is 9.69 Å². The molecule has 1 fully saturated rings. The zero-order valence-corrected chi connectivity index (χ0v) is 23.5. The van der Waals surface area contributed by atoms with E-state index in [1.807, 2.05) is 21.4 Å². The van der Waals surface area contributed by atoms with Gasteiger partial charge in [-0.25, -0.2) is 9.50 Å². The first-order valence-electron chi connectivity index (χ1n) is 13.7. The molecular weight excluding hydrogens is 476 g/mol. The lowest BCUT2D eigenvalue weighted by Crippen LogP contribution is -2.43. The molecule has 0 spiro atoms. The smallest absolute Gasteiger partial charge is 0.236 e. The Labute approximate surface area is 225 Å². The number of methoxy groups -OCH3 is 1. The number of carbonyl (C=O) groups excluding carboxylic acids is 1. The fourth-order valence-electron chi connectivity index (χ4n) is 5.87. The second-order valence-corrected chi connectivity index (χ2v) is 11.1. The average molecular weight is 517 g/mol. The van der Waals surface area contributed by atoms with E-state index in [-0.39, 0.29) is 5.91 Å². The Balaban J connectivity index is 1.39. The Kier molecular flexibility index (Phi) is 7.54. The molecule has 0 unspecified atom stereocenters. The Morgan fingerprint density at radius 3 is 2.68 bits per heavy atom. The number of rotatable bonds is 8. The normalized spacial score (nSPS) is 15.0. The van der Waals surface area contributed by atoms with Gasteiger partial charge in [0.25, 0.3) is 0 Å². The highest BCUT2D eigenvalue weighted by molar-refractivity contribution is 5.92. The van der Waals surface area contributed by atoms with Crippen molar-refractivity contribution in [2.45, 2.75) is 52.4 Å². The Morgan fingerprint density at radius 2 is 1.97 bits per heavy atom. The zero-order valence-electron chi connectivity index (χ0n) is 23.5. The van der Waals surface area contributed by atoms with Gasteiger partial charge in [-0.1, -0.05) is 19.9 Å². The summed E-state index contributed by atoms with van der Waals surface area (Å²) in [6.07, 6.45) is 5.70. The summed E-state index contributed by atoms with van der Waals surface area (Å²) in [6, 6.07) is 6.90. The molecule has 38 heavy (non-hydrogen) atoms. The number of fused-ring (bicyclic) bond motifs is 2. The fourth-order valence-corrected chi connectivity index (χ4v) is 5.87. The molecular formula is C30H40N6O2. The topological polar surface area (TPSA) is 78.8 Å². The van der Waals surface area contributed by atoms with Crippen molar-refractivity contribution in [2.75, 3.05) is 46.9 Å². The number of likely N-dealkylation sites (tertiary alicyclic amines) is 1. The standard InChI is InChI=1S/C30H40N6O2/c1-19(2)28-24-15-23(22-9-11-35(12-10-22)27(37)17-34(5)13-14-38-6)7-8-26(24)33-29(28)25-16-36-30(31-18-32-36)21(4)20(25)3/h7-8,15-16,18-19,22,33H,9-14,17H2,1-6H3. The monoisotopic (exact) mass is 516 g/mol. The maximum absolute atomic E-state index is 12.8. The van der Waals surface area contributed by atoms with Crippen molar-refractivity contribution < 1.29 is 9.53 Å². The summed E-state index contributed by atoms with van der Waals surface area (Å²) in [5.41, 5.74) is 9.50. The van der Waals surface area contributed by atoms with E-state index in [1.165, 1.54) is 33.3 Å². The third kappa shape index (κ3) is 4.95. The maximum Gasteiger partial charge on any atom is 0.236 e. The second-order valence-electron chi connectivity index (χ2n) is 11.1. The van der Waals surface area contributed by atoms with Gasteiger partial charge >= 0.3 is 0 Å². The number of hydrogen-bond acceptors (Lipinski definition) is 5. The molecule has 0 radical (unpaired) electrons. The lowest BCUT2D eigenvalue weighted by Gasteiger charge is -2.33. The van der Waals surface area contributed by atoms with Crippen molar-refractivity contribution in [3.63, 3.8) is 0 Å². The number of piperidine rings is 1. The van der Waals surface area contributed by atoms with Crippen LogP contribution in [0.4, 0.5) is 0 Å². The molecule has 202 valence electrons. The van der Waals surface area contributed by atoms with Crippen molar-refractivity contribution in [3.8, 4) is 11.3 Å². The van der Waals surface area contributed by atoms with Crippen LogP contribution < -0.4 is 0 Å². The van der Waals surface area contributed by atoms with Crippen LogP contribution in [0.15, 0.2) is 30.7 Å². The summed E-state index contributed by atoms with van der Waals surface area (Å²) in [4.78, 5) is 25.0. The number of pyridine rings is 1. The number of benzene rings is 1. The van der Waals surface area contributed by atoms with E-state index in [4.69, 9.17) is 4.74 Å².